The number of allylic oxidation sites excluding steroid dienone is 1. The van der Waals surface area contributed by atoms with Gasteiger partial charge in [0.05, 0.1) is 5.92 Å². The fourth-order valence-electron chi connectivity index (χ4n) is 0.889. The third-order valence-electron chi connectivity index (χ3n) is 1.91. The molecule has 0 aromatic rings. The van der Waals surface area contributed by atoms with Crippen molar-refractivity contribution in [3.05, 3.63) is 12.7 Å². The van der Waals surface area contributed by atoms with Crippen LogP contribution in [0, 0.1) is 5.92 Å². The van der Waals surface area contributed by atoms with E-state index in [1.807, 2.05) is 0 Å². The van der Waals surface area contributed by atoms with Gasteiger partial charge in [0.25, 0.3) is 0 Å². The van der Waals surface area contributed by atoms with E-state index in [2.05, 4.69) is 6.58 Å². The number of rotatable bonds is 7. The van der Waals surface area contributed by atoms with E-state index in [1.54, 1.807) is 13.0 Å². The Morgan fingerprint density at radius 3 is 2.54 bits per heavy atom. The SMILES string of the molecule is C=CCCC(=O)CC[C@H](C)C(=O)O. The van der Waals surface area contributed by atoms with Crippen molar-refractivity contribution < 1.29 is 14.7 Å². The minimum absolute atomic E-state index is 0.119. The number of ketones is 1. The molecule has 0 aliphatic carbocycles. The number of Topliss-reactive ketones (excluding diaryl/α,β-unsaturated/α-hetero) is 1. The van der Waals surface area contributed by atoms with Crippen LogP contribution in [0.4, 0.5) is 0 Å². The number of carbonyl (C=O) groups is 2. The molecule has 0 fully saturated rings. The van der Waals surface area contributed by atoms with Gasteiger partial charge >= 0.3 is 5.97 Å². The predicted molar refractivity (Wildman–Crippen MR) is 50.5 cm³/mol. The first-order valence-corrected chi connectivity index (χ1v) is 4.43. The molecule has 0 spiro atoms. The van der Waals surface area contributed by atoms with Crippen LogP contribution in [0.2, 0.25) is 0 Å². The zero-order valence-electron chi connectivity index (χ0n) is 7.95. The second-order valence-corrected chi connectivity index (χ2v) is 3.14. The molecule has 0 heterocycles. The van der Waals surface area contributed by atoms with Crippen molar-refractivity contribution in [2.75, 3.05) is 0 Å². The summed E-state index contributed by atoms with van der Waals surface area (Å²) in [5.41, 5.74) is 0. The summed E-state index contributed by atoms with van der Waals surface area (Å²) in [5, 5.41) is 8.54. The number of carboxylic acids is 1. The summed E-state index contributed by atoms with van der Waals surface area (Å²) in [5.74, 6) is -1.14. The van der Waals surface area contributed by atoms with E-state index in [-0.39, 0.29) is 5.78 Å². The molecule has 13 heavy (non-hydrogen) atoms. The molecular weight excluding hydrogens is 168 g/mol. The van der Waals surface area contributed by atoms with Crippen LogP contribution in [-0.4, -0.2) is 16.9 Å². The van der Waals surface area contributed by atoms with E-state index < -0.39 is 11.9 Å². The topological polar surface area (TPSA) is 54.4 Å². The van der Waals surface area contributed by atoms with Crippen LogP contribution in [0.25, 0.3) is 0 Å². The highest BCUT2D eigenvalue weighted by molar-refractivity contribution is 5.79. The van der Waals surface area contributed by atoms with Gasteiger partial charge < -0.3 is 5.11 Å². The van der Waals surface area contributed by atoms with Crippen molar-refractivity contribution in [1.82, 2.24) is 0 Å². The lowest BCUT2D eigenvalue weighted by Crippen LogP contribution is -2.11. The molecule has 0 aromatic heterocycles. The standard InChI is InChI=1S/C10H16O3/c1-3-4-5-9(11)7-6-8(2)10(12)13/h3,8H,1,4-7H2,2H3,(H,12,13)/t8-/m0/s1. The normalized spacial score (nSPS) is 12.1. The Kier molecular flexibility index (Phi) is 5.85. The lowest BCUT2D eigenvalue weighted by Gasteiger charge is -2.03. The molecule has 3 heteroatoms. The van der Waals surface area contributed by atoms with Gasteiger partial charge in [-0.1, -0.05) is 13.0 Å². The maximum Gasteiger partial charge on any atom is 0.306 e. The van der Waals surface area contributed by atoms with Crippen molar-refractivity contribution in [3.63, 3.8) is 0 Å². The second-order valence-electron chi connectivity index (χ2n) is 3.14. The summed E-state index contributed by atoms with van der Waals surface area (Å²) in [6.07, 6.45) is 3.65. The van der Waals surface area contributed by atoms with Gasteiger partial charge in [-0.05, 0) is 12.8 Å². The molecule has 0 saturated heterocycles. The van der Waals surface area contributed by atoms with Gasteiger partial charge in [-0.2, -0.15) is 0 Å². The zero-order valence-corrected chi connectivity index (χ0v) is 7.95. The van der Waals surface area contributed by atoms with Crippen LogP contribution in [0.15, 0.2) is 12.7 Å². The van der Waals surface area contributed by atoms with Crippen LogP contribution in [0.3, 0.4) is 0 Å². The zero-order chi connectivity index (χ0) is 10.3. The molecule has 0 aliphatic heterocycles. The third-order valence-corrected chi connectivity index (χ3v) is 1.91. The van der Waals surface area contributed by atoms with Crippen LogP contribution >= 0.6 is 0 Å². The summed E-state index contributed by atoms with van der Waals surface area (Å²) >= 11 is 0. The quantitative estimate of drug-likeness (QED) is 0.616. The average Bonchev–Trinajstić information content (AvgIpc) is 2.10. The summed E-state index contributed by atoms with van der Waals surface area (Å²) < 4.78 is 0. The van der Waals surface area contributed by atoms with Crippen molar-refractivity contribution in [2.24, 2.45) is 5.92 Å². The molecule has 0 saturated carbocycles. The second kappa shape index (κ2) is 6.40. The minimum atomic E-state index is -0.837. The number of carboxylic acid groups (broad SMARTS) is 1. The minimum Gasteiger partial charge on any atom is -0.481 e. The van der Waals surface area contributed by atoms with Gasteiger partial charge in [0.2, 0.25) is 0 Å². The van der Waals surface area contributed by atoms with Crippen LogP contribution in [0.5, 0.6) is 0 Å². The number of aliphatic carboxylic acids is 1. The van der Waals surface area contributed by atoms with E-state index in [9.17, 15) is 9.59 Å². The summed E-state index contributed by atoms with van der Waals surface area (Å²) in [6.45, 7) is 5.12. The molecule has 0 bridgehead atoms. The van der Waals surface area contributed by atoms with Crippen molar-refractivity contribution >= 4 is 11.8 Å². The molecule has 1 atom stereocenters. The summed E-state index contributed by atoms with van der Waals surface area (Å²) in [6, 6.07) is 0. The van der Waals surface area contributed by atoms with Crippen molar-refractivity contribution in [3.8, 4) is 0 Å². The van der Waals surface area contributed by atoms with E-state index in [0.717, 1.165) is 0 Å². The van der Waals surface area contributed by atoms with Crippen LogP contribution in [0.1, 0.15) is 32.6 Å². The van der Waals surface area contributed by atoms with Gasteiger partial charge in [0.1, 0.15) is 5.78 Å². The van der Waals surface area contributed by atoms with Gasteiger partial charge in [-0.25, -0.2) is 0 Å². The molecule has 0 radical (unpaired) electrons. The number of carbonyl (C=O) groups excluding carboxylic acids is 1. The molecule has 0 aliphatic rings. The fraction of sp³-hybridized carbons (Fsp3) is 0.600. The first kappa shape index (κ1) is 11.9. The Labute approximate surface area is 78.5 Å². The van der Waals surface area contributed by atoms with Gasteiger partial charge in [-0.15, -0.1) is 6.58 Å². The van der Waals surface area contributed by atoms with E-state index in [1.165, 1.54) is 0 Å². The highest BCUT2D eigenvalue weighted by atomic mass is 16.4. The highest BCUT2D eigenvalue weighted by Gasteiger charge is 2.12. The lowest BCUT2D eigenvalue weighted by atomic mass is 10.0. The number of hydrogen-bond donors (Lipinski definition) is 1. The molecule has 0 amide bonds. The lowest BCUT2D eigenvalue weighted by molar-refractivity contribution is -0.141. The molecule has 1 N–H and O–H groups in total. The Hall–Kier alpha value is -1.12. The smallest absolute Gasteiger partial charge is 0.306 e. The van der Waals surface area contributed by atoms with Gasteiger partial charge in [0, 0.05) is 12.8 Å². The maximum absolute atomic E-state index is 11.1. The molecule has 74 valence electrons. The van der Waals surface area contributed by atoms with Gasteiger partial charge in [0.15, 0.2) is 0 Å². The Balaban J connectivity index is 3.57. The molecule has 3 nitrogen and oxygen atoms in total. The van der Waals surface area contributed by atoms with Gasteiger partial charge in [-0.3, -0.25) is 9.59 Å². The first-order chi connectivity index (χ1) is 6.07. The van der Waals surface area contributed by atoms with E-state index in [4.69, 9.17) is 5.11 Å². The van der Waals surface area contributed by atoms with E-state index >= 15 is 0 Å². The first-order valence-electron chi connectivity index (χ1n) is 4.43. The average molecular weight is 184 g/mol. The van der Waals surface area contributed by atoms with Crippen molar-refractivity contribution in [1.29, 1.82) is 0 Å². The Morgan fingerprint density at radius 2 is 2.08 bits per heavy atom. The fourth-order valence-corrected chi connectivity index (χ4v) is 0.889. The third kappa shape index (κ3) is 6.08. The maximum atomic E-state index is 11.1. The van der Waals surface area contributed by atoms with Crippen molar-refractivity contribution in [2.45, 2.75) is 32.6 Å². The highest BCUT2D eigenvalue weighted by Crippen LogP contribution is 2.08. The molecule has 0 unspecified atom stereocenters. The number of hydrogen-bond acceptors (Lipinski definition) is 2. The monoisotopic (exact) mass is 184 g/mol. The molecule has 0 aromatic carbocycles. The Morgan fingerprint density at radius 1 is 1.46 bits per heavy atom. The molecular formula is C10H16O3. The summed E-state index contributed by atoms with van der Waals surface area (Å²) in [4.78, 5) is 21.5. The largest absolute Gasteiger partial charge is 0.481 e. The van der Waals surface area contributed by atoms with Crippen LogP contribution < -0.4 is 0 Å². The van der Waals surface area contributed by atoms with Crippen LogP contribution in [-0.2, 0) is 9.59 Å². The Bertz CT molecular complexity index is 196. The van der Waals surface area contributed by atoms with E-state index in [0.29, 0.717) is 25.7 Å². The predicted octanol–water partition coefficient (Wildman–Crippen LogP) is 2.02. The summed E-state index contributed by atoms with van der Waals surface area (Å²) in [7, 11) is 0. The molecule has 0 rings (SSSR count).